The van der Waals surface area contributed by atoms with Crippen molar-refractivity contribution in [1.82, 2.24) is 14.7 Å². The fraction of sp³-hybridized carbons (Fsp3) is 0.296. The fourth-order valence-electron chi connectivity index (χ4n) is 3.89. The van der Waals surface area contributed by atoms with Crippen molar-refractivity contribution in [3.8, 4) is 22.9 Å². The molecule has 0 amide bonds. The molecule has 0 radical (unpaired) electrons. The lowest BCUT2D eigenvalue weighted by molar-refractivity contribution is 0.0167. The molecule has 0 spiro atoms. The highest BCUT2D eigenvalue weighted by Gasteiger charge is 2.24. The number of hydrogen-bond acceptors (Lipinski definition) is 6. The van der Waals surface area contributed by atoms with E-state index in [4.69, 9.17) is 19.0 Å². The highest BCUT2D eigenvalue weighted by Crippen LogP contribution is 2.34. The number of hydrogen-bond donors (Lipinski definition) is 1. The SMILES string of the molecule is CCOCC(O)CN(Cc1ccco1)Cc1c(-c2ccccc2)nn(C)c1Oc1ccccc1. The second kappa shape index (κ2) is 11.7. The first kappa shape index (κ1) is 23.8. The summed E-state index contributed by atoms with van der Waals surface area (Å²) in [5.74, 6) is 2.22. The summed E-state index contributed by atoms with van der Waals surface area (Å²) < 4.78 is 19.1. The van der Waals surface area contributed by atoms with Crippen LogP contribution < -0.4 is 4.74 Å². The van der Waals surface area contributed by atoms with Crippen LogP contribution in [0.1, 0.15) is 18.2 Å². The molecule has 0 saturated carbocycles. The van der Waals surface area contributed by atoms with Crippen LogP contribution in [0.25, 0.3) is 11.3 Å². The lowest BCUT2D eigenvalue weighted by atomic mass is 10.1. The molecule has 2 aromatic heterocycles. The number of para-hydroxylation sites is 1. The van der Waals surface area contributed by atoms with Crippen LogP contribution in [-0.2, 0) is 24.9 Å². The van der Waals surface area contributed by atoms with Crippen LogP contribution in [0.15, 0.2) is 83.5 Å². The Morgan fingerprint density at radius 3 is 2.41 bits per heavy atom. The van der Waals surface area contributed by atoms with Crippen LogP contribution in [0.2, 0.25) is 0 Å². The molecule has 1 atom stereocenters. The zero-order valence-corrected chi connectivity index (χ0v) is 19.6. The normalized spacial score (nSPS) is 12.2. The third-order valence-corrected chi connectivity index (χ3v) is 5.42. The molecule has 178 valence electrons. The zero-order valence-electron chi connectivity index (χ0n) is 19.6. The van der Waals surface area contributed by atoms with Gasteiger partial charge in [-0.3, -0.25) is 4.90 Å². The number of furan rings is 1. The van der Waals surface area contributed by atoms with Crippen LogP contribution in [0.4, 0.5) is 0 Å². The summed E-state index contributed by atoms with van der Waals surface area (Å²) in [4.78, 5) is 2.13. The van der Waals surface area contributed by atoms with E-state index in [1.54, 1.807) is 10.9 Å². The zero-order chi connectivity index (χ0) is 23.8. The fourth-order valence-corrected chi connectivity index (χ4v) is 3.89. The van der Waals surface area contributed by atoms with Gasteiger partial charge in [-0.2, -0.15) is 5.10 Å². The Balaban J connectivity index is 1.69. The molecule has 0 aliphatic heterocycles. The molecular weight excluding hydrogens is 430 g/mol. The lowest BCUT2D eigenvalue weighted by Crippen LogP contribution is -2.34. The third kappa shape index (κ3) is 6.14. The first-order valence-electron chi connectivity index (χ1n) is 11.5. The molecule has 0 saturated heterocycles. The van der Waals surface area contributed by atoms with Crippen LogP contribution >= 0.6 is 0 Å². The van der Waals surface area contributed by atoms with E-state index in [0.717, 1.165) is 28.3 Å². The lowest BCUT2D eigenvalue weighted by Gasteiger charge is -2.24. The minimum atomic E-state index is -0.634. The average Bonchev–Trinajstić information content (AvgIpc) is 3.47. The Morgan fingerprint density at radius 2 is 1.74 bits per heavy atom. The molecular formula is C27H31N3O4. The highest BCUT2D eigenvalue weighted by molar-refractivity contribution is 5.65. The van der Waals surface area contributed by atoms with E-state index in [0.29, 0.717) is 32.1 Å². The smallest absolute Gasteiger partial charge is 0.222 e. The van der Waals surface area contributed by atoms with Crippen molar-refractivity contribution >= 4 is 0 Å². The van der Waals surface area contributed by atoms with E-state index >= 15 is 0 Å². The molecule has 34 heavy (non-hydrogen) atoms. The summed E-state index contributed by atoms with van der Waals surface area (Å²) in [6.45, 7) is 4.20. The van der Waals surface area contributed by atoms with Gasteiger partial charge >= 0.3 is 0 Å². The monoisotopic (exact) mass is 461 g/mol. The van der Waals surface area contributed by atoms with E-state index in [2.05, 4.69) is 4.90 Å². The molecule has 7 nitrogen and oxygen atoms in total. The van der Waals surface area contributed by atoms with Crippen LogP contribution in [0, 0.1) is 0 Å². The first-order chi connectivity index (χ1) is 16.6. The summed E-state index contributed by atoms with van der Waals surface area (Å²) in [6.07, 6.45) is 1.03. The molecule has 7 heteroatoms. The van der Waals surface area contributed by atoms with Crippen LogP contribution in [-0.4, -0.2) is 45.6 Å². The van der Waals surface area contributed by atoms with Crippen molar-refractivity contribution in [1.29, 1.82) is 0 Å². The second-order valence-corrected chi connectivity index (χ2v) is 8.10. The van der Waals surface area contributed by atoms with Gasteiger partial charge in [-0.25, -0.2) is 4.68 Å². The van der Waals surface area contributed by atoms with Gasteiger partial charge < -0.3 is 19.0 Å². The molecule has 4 aromatic rings. The van der Waals surface area contributed by atoms with Crippen molar-refractivity contribution in [3.05, 3.63) is 90.4 Å². The van der Waals surface area contributed by atoms with Gasteiger partial charge in [-0.15, -0.1) is 0 Å². The highest BCUT2D eigenvalue weighted by atomic mass is 16.5. The Hall–Kier alpha value is -3.39. The topological polar surface area (TPSA) is 72.9 Å². The molecule has 4 rings (SSSR count). The van der Waals surface area contributed by atoms with E-state index < -0.39 is 6.10 Å². The van der Waals surface area contributed by atoms with E-state index in [1.165, 1.54) is 0 Å². The Morgan fingerprint density at radius 1 is 1.00 bits per heavy atom. The molecule has 1 unspecified atom stereocenters. The van der Waals surface area contributed by atoms with Crippen molar-refractivity contribution in [2.75, 3.05) is 19.8 Å². The third-order valence-electron chi connectivity index (χ3n) is 5.42. The summed E-state index contributed by atoms with van der Waals surface area (Å²) in [5, 5.41) is 15.4. The number of aromatic nitrogens is 2. The maximum absolute atomic E-state index is 10.6. The molecule has 0 bridgehead atoms. The summed E-state index contributed by atoms with van der Waals surface area (Å²) >= 11 is 0. The number of aryl methyl sites for hydroxylation is 1. The van der Waals surface area contributed by atoms with E-state index in [-0.39, 0.29) is 6.61 Å². The molecule has 0 aliphatic rings. The predicted molar refractivity (Wildman–Crippen MR) is 130 cm³/mol. The predicted octanol–water partition coefficient (Wildman–Crippen LogP) is 4.87. The van der Waals surface area contributed by atoms with E-state index in [1.807, 2.05) is 86.8 Å². The number of ether oxygens (including phenoxy) is 2. The van der Waals surface area contributed by atoms with Crippen molar-refractivity contribution in [2.24, 2.45) is 7.05 Å². The Bertz CT molecular complexity index is 1130. The van der Waals surface area contributed by atoms with Crippen LogP contribution in [0.5, 0.6) is 11.6 Å². The van der Waals surface area contributed by atoms with Gasteiger partial charge in [0.1, 0.15) is 17.2 Å². The average molecular weight is 462 g/mol. The Labute approximate surface area is 200 Å². The Kier molecular flexibility index (Phi) is 8.14. The second-order valence-electron chi connectivity index (χ2n) is 8.10. The van der Waals surface area contributed by atoms with Crippen molar-refractivity contribution < 1.29 is 19.0 Å². The van der Waals surface area contributed by atoms with Crippen LogP contribution in [0.3, 0.4) is 0 Å². The molecule has 2 aromatic carbocycles. The maximum atomic E-state index is 10.6. The first-order valence-corrected chi connectivity index (χ1v) is 11.5. The molecule has 1 N–H and O–H groups in total. The maximum Gasteiger partial charge on any atom is 0.222 e. The molecule has 2 heterocycles. The van der Waals surface area contributed by atoms with Gasteiger partial charge in [0, 0.05) is 32.3 Å². The molecule has 0 aliphatic carbocycles. The van der Waals surface area contributed by atoms with Gasteiger partial charge in [0.2, 0.25) is 5.88 Å². The number of aliphatic hydroxyl groups is 1. The quantitative estimate of drug-likeness (QED) is 0.324. The largest absolute Gasteiger partial charge is 0.468 e. The van der Waals surface area contributed by atoms with Crippen molar-refractivity contribution in [3.63, 3.8) is 0 Å². The number of rotatable bonds is 12. The minimum Gasteiger partial charge on any atom is -0.468 e. The van der Waals surface area contributed by atoms with Gasteiger partial charge in [0.15, 0.2) is 0 Å². The number of aliphatic hydroxyl groups excluding tert-OH is 1. The standard InChI is InChI=1S/C27H31N3O4/c1-3-32-20-22(31)17-30(18-24-15-10-16-33-24)19-25-26(21-11-6-4-7-12-21)28-29(2)27(25)34-23-13-8-5-9-14-23/h4-16,22,31H,3,17-20H2,1-2H3. The minimum absolute atomic E-state index is 0.275. The summed E-state index contributed by atoms with van der Waals surface area (Å²) in [7, 11) is 1.88. The summed E-state index contributed by atoms with van der Waals surface area (Å²) in [5.41, 5.74) is 2.79. The van der Waals surface area contributed by atoms with Gasteiger partial charge in [-0.1, -0.05) is 48.5 Å². The number of benzene rings is 2. The molecule has 0 fully saturated rings. The van der Waals surface area contributed by atoms with E-state index in [9.17, 15) is 5.11 Å². The van der Waals surface area contributed by atoms with Gasteiger partial charge in [0.25, 0.3) is 0 Å². The van der Waals surface area contributed by atoms with Gasteiger partial charge in [0.05, 0.1) is 31.1 Å². The van der Waals surface area contributed by atoms with Crippen molar-refractivity contribution in [2.45, 2.75) is 26.1 Å². The van der Waals surface area contributed by atoms with Gasteiger partial charge in [-0.05, 0) is 31.2 Å². The number of nitrogens with zero attached hydrogens (tertiary/aromatic N) is 3. The summed E-state index contributed by atoms with van der Waals surface area (Å²) in [6, 6.07) is 23.6.